The van der Waals surface area contributed by atoms with Crippen LogP contribution in [0.5, 0.6) is 5.88 Å². The maximum absolute atomic E-state index is 12.3. The third kappa shape index (κ3) is 2.86. The molecule has 2 aromatic heterocycles. The molecule has 1 saturated heterocycles. The first kappa shape index (κ1) is 15.1. The molecule has 0 radical (unpaired) electrons. The van der Waals surface area contributed by atoms with Gasteiger partial charge in [0.05, 0.1) is 11.6 Å². The van der Waals surface area contributed by atoms with Crippen molar-refractivity contribution in [2.24, 2.45) is 5.92 Å². The number of aromatic hydroxyl groups is 1. The molecule has 22 heavy (non-hydrogen) atoms. The van der Waals surface area contributed by atoms with Gasteiger partial charge in [0, 0.05) is 11.4 Å². The number of rotatable bonds is 3. The molecule has 1 fully saturated rings. The number of nitrogens with zero attached hydrogens (tertiary/aromatic N) is 1. The quantitative estimate of drug-likeness (QED) is 0.802. The molecule has 0 aliphatic carbocycles. The average Bonchev–Trinajstić information content (AvgIpc) is 2.96. The van der Waals surface area contributed by atoms with E-state index in [1.54, 1.807) is 11.3 Å². The third-order valence-electron chi connectivity index (χ3n) is 4.10. The van der Waals surface area contributed by atoms with Crippen LogP contribution in [0.2, 0.25) is 0 Å². The van der Waals surface area contributed by atoms with Gasteiger partial charge < -0.3 is 5.11 Å². The smallest absolute Gasteiger partial charge is 0.328 e. The molecule has 2 unspecified atom stereocenters. The van der Waals surface area contributed by atoms with Crippen LogP contribution in [0.15, 0.2) is 27.1 Å². The van der Waals surface area contributed by atoms with Crippen LogP contribution in [0.1, 0.15) is 36.2 Å². The topological polar surface area (TPSA) is 89.2 Å². The Morgan fingerprint density at radius 3 is 2.86 bits per heavy atom. The van der Waals surface area contributed by atoms with E-state index >= 15 is 0 Å². The minimum Gasteiger partial charge on any atom is -0.494 e. The minimum atomic E-state index is -0.691. The second-order valence-corrected chi connectivity index (χ2v) is 6.81. The summed E-state index contributed by atoms with van der Waals surface area (Å²) < 4.78 is 0. The summed E-state index contributed by atoms with van der Waals surface area (Å²) in [7, 11) is 0. The van der Waals surface area contributed by atoms with E-state index in [1.807, 2.05) is 17.5 Å². The summed E-state index contributed by atoms with van der Waals surface area (Å²) in [4.78, 5) is 31.3. The molecule has 1 aliphatic rings. The number of thiophene rings is 1. The van der Waals surface area contributed by atoms with E-state index in [2.05, 4.69) is 21.8 Å². The maximum Gasteiger partial charge on any atom is 0.328 e. The molecule has 1 aliphatic heterocycles. The van der Waals surface area contributed by atoms with Crippen LogP contribution < -0.4 is 11.2 Å². The number of piperidine rings is 1. The first-order chi connectivity index (χ1) is 10.6. The summed E-state index contributed by atoms with van der Waals surface area (Å²) in [5.74, 6) is 0.200. The summed E-state index contributed by atoms with van der Waals surface area (Å²) in [5, 5.41) is 12.1. The molecule has 7 heteroatoms. The van der Waals surface area contributed by atoms with Gasteiger partial charge in [-0.15, -0.1) is 11.3 Å². The molecule has 2 atom stereocenters. The number of H-pyrrole nitrogens is 2. The maximum atomic E-state index is 12.3. The number of nitrogens with one attached hydrogen (secondary N) is 2. The Morgan fingerprint density at radius 2 is 2.23 bits per heavy atom. The highest BCUT2D eigenvalue weighted by Gasteiger charge is 2.31. The molecule has 0 amide bonds. The highest BCUT2D eigenvalue weighted by Crippen LogP contribution is 2.35. The lowest BCUT2D eigenvalue weighted by atomic mass is 9.96. The zero-order valence-electron chi connectivity index (χ0n) is 12.3. The van der Waals surface area contributed by atoms with Crippen LogP contribution in [0, 0.1) is 5.92 Å². The van der Waals surface area contributed by atoms with E-state index in [1.165, 1.54) is 6.42 Å². The molecule has 0 saturated carbocycles. The lowest BCUT2D eigenvalue weighted by molar-refractivity contribution is 0.148. The zero-order chi connectivity index (χ0) is 15.7. The van der Waals surface area contributed by atoms with Crippen molar-refractivity contribution < 1.29 is 5.11 Å². The van der Waals surface area contributed by atoms with E-state index in [9.17, 15) is 14.7 Å². The van der Waals surface area contributed by atoms with Gasteiger partial charge in [0.15, 0.2) is 0 Å². The fourth-order valence-corrected chi connectivity index (χ4v) is 4.02. The van der Waals surface area contributed by atoms with Crippen molar-refractivity contribution in [1.82, 2.24) is 14.9 Å². The first-order valence-corrected chi connectivity index (χ1v) is 8.27. The molecule has 0 bridgehead atoms. The summed E-state index contributed by atoms with van der Waals surface area (Å²) >= 11 is 1.54. The molecule has 118 valence electrons. The average molecular weight is 321 g/mol. The van der Waals surface area contributed by atoms with Crippen molar-refractivity contribution in [3.8, 4) is 5.88 Å². The van der Waals surface area contributed by atoms with Gasteiger partial charge >= 0.3 is 5.69 Å². The molecule has 0 aromatic carbocycles. The minimum absolute atomic E-state index is 0.219. The van der Waals surface area contributed by atoms with Crippen LogP contribution in [-0.4, -0.2) is 33.1 Å². The molecular formula is C15H19N3O3S. The van der Waals surface area contributed by atoms with E-state index in [-0.39, 0.29) is 17.5 Å². The van der Waals surface area contributed by atoms with Crippen molar-refractivity contribution in [3.05, 3.63) is 48.8 Å². The van der Waals surface area contributed by atoms with Crippen LogP contribution >= 0.6 is 11.3 Å². The molecule has 6 nitrogen and oxygen atoms in total. The predicted molar refractivity (Wildman–Crippen MR) is 85.5 cm³/mol. The lowest BCUT2D eigenvalue weighted by Gasteiger charge is -2.36. The van der Waals surface area contributed by atoms with Crippen LogP contribution in [0.4, 0.5) is 0 Å². The van der Waals surface area contributed by atoms with Crippen molar-refractivity contribution in [1.29, 1.82) is 0 Å². The van der Waals surface area contributed by atoms with Gasteiger partial charge in [-0.2, -0.15) is 0 Å². The van der Waals surface area contributed by atoms with Crippen LogP contribution in [0.3, 0.4) is 0 Å². The van der Waals surface area contributed by atoms with E-state index in [0.29, 0.717) is 5.92 Å². The number of hydrogen-bond acceptors (Lipinski definition) is 5. The van der Waals surface area contributed by atoms with Gasteiger partial charge in [-0.3, -0.25) is 19.7 Å². The molecule has 3 heterocycles. The summed E-state index contributed by atoms with van der Waals surface area (Å²) in [6.45, 7) is 3.92. The van der Waals surface area contributed by atoms with Gasteiger partial charge in [-0.1, -0.05) is 13.0 Å². The highest BCUT2D eigenvalue weighted by molar-refractivity contribution is 7.10. The predicted octanol–water partition coefficient (Wildman–Crippen LogP) is 1.65. The van der Waals surface area contributed by atoms with Crippen molar-refractivity contribution in [3.63, 3.8) is 0 Å². The lowest BCUT2D eigenvalue weighted by Crippen LogP contribution is -2.40. The largest absolute Gasteiger partial charge is 0.494 e. The number of likely N-dealkylation sites (tertiary alicyclic amines) is 1. The van der Waals surface area contributed by atoms with Crippen molar-refractivity contribution >= 4 is 11.3 Å². The second kappa shape index (κ2) is 6.10. The molecular weight excluding hydrogens is 302 g/mol. The number of hydrogen-bond donors (Lipinski definition) is 3. The van der Waals surface area contributed by atoms with Crippen LogP contribution in [-0.2, 0) is 0 Å². The van der Waals surface area contributed by atoms with E-state index in [0.717, 1.165) is 24.4 Å². The SMILES string of the molecule is CC1CCCN(C(c2cccs2)c2c(O)[nH]c(=O)[nH]c2=O)C1. The Bertz CT molecular complexity index is 750. The fourth-order valence-electron chi connectivity index (χ4n) is 3.15. The van der Waals surface area contributed by atoms with Gasteiger partial charge in [-0.05, 0) is 36.8 Å². The fraction of sp³-hybridized carbons (Fsp3) is 0.467. The third-order valence-corrected chi connectivity index (χ3v) is 5.02. The Labute approximate surface area is 131 Å². The molecule has 2 aromatic rings. The Hall–Kier alpha value is -1.86. The zero-order valence-corrected chi connectivity index (χ0v) is 13.2. The van der Waals surface area contributed by atoms with Crippen molar-refractivity contribution in [2.75, 3.05) is 13.1 Å². The number of aromatic nitrogens is 2. The number of aromatic amines is 2. The highest BCUT2D eigenvalue weighted by atomic mass is 32.1. The Balaban J connectivity index is 2.11. The van der Waals surface area contributed by atoms with Crippen molar-refractivity contribution in [2.45, 2.75) is 25.8 Å². The van der Waals surface area contributed by atoms with Gasteiger partial charge in [0.2, 0.25) is 5.88 Å². The van der Waals surface area contributed by atoms with Gasteiger partial charge in [-0.25, -0.2) is 4.79 Å². The summed E-state index contributed by atoms with van der Waals surface area (Å²) in [5.41, 5.74) is -1.00. The van der Waals surface area contributed by atoms with E-state index in [4.69, 9.17) is 0 Å². The monoisotopic (exact) mass is 321 g/mol. The van der Waals surface area contributed by atoms with Gasteiger partial charge in [0.25, 0.3) is 5.56 Å². The summed E-state index contributed by atoms with van der Waals surface area (Å²) in [6.07, 6.45) is 2.23. The Kier molecular flexibility index (Phi) is 4.17. The molecule has 3 rings (SSSR count). The van der Waals surface area contributed by atoms with Crippen LogP contribution in [0.25, 0.3) is 0 Å². The normalized spacial score (nSPS) is 20.9. The van der Waals surface area contributed by atoms with E-state index < -0.39 is 11.2 Å². The Morgan fingerprint density at radius 1 is 1.41 bits per heavy atom. The standard InChI is InChI=1S/C15H19N3O3S/c1-9-4-2-6-18(8-9)12(10-5-3-7-22-10)11-13(19)16-15(21)17-14(11)20/h3,5,7,9,12H,2,4,6,8H2,1H3,(H3,16,17,19,20,21). The molecule has 3 N–H and O–H groups in total. The van der Waals surface area contributed by atoms with Gasteiger partial charge in [0.1, 0.15) is 0 Å². The second-order valence-electron chi connectivity index (χ2n) is 5.83. The first-order valence-electron chi connectivity index (χ1n) is 7.39. The summed E-state index contributed by atoms with van der Waals surface area (Å²) in [6, 6.07) is 3.55. The molecule has 0 spiro atoms.